The summed E-state index contributed by atoms with van der Waals surface area (Å²) in [7, 11) is 0. The number of aliphatic carboxylic acids is 2. The van der Waals surface area contributed by atoms with Crippen LogP contribution < -0.4 is 5.32 Å². The first-order valence-corrected chi connectivity index (χ1v) is 12.6. The Hall–Kier alpha value is -3.62. The van der Waals surface area contributed by atoms with Crippen LogP contribution in [0, 0.1) is 5.92 Å². The van der Waals surface area contributed by atoms with Gasteiger partial charge in [0.25, 0.3) is 0 Å². The average molecular weight is 559 g/mol. The second-order valence-electron chi connectivity index (χ2n) is 9.77. The van der Waals surface area contributed by atoms with E-state index in [1.54, 1.807) is 17.9 Å². The summed E-state index contributed by atoms with van der Waals surface area (Å²) in [5.74, 6) is -4.19. The van der Waals surface area contributed by atoms with Crippen molar-refractivity contribution in [1.29, 1.82) is 0 Å². The Balaban J connectivity index is 0.000000448. The Morgan fingerprint density at radius 1 is 1.10 bits per heavy atom. The fourth-order valence-electron chi connectivity index (χ4n) is 5.89. The van der Waals surface area contributed by atoms with Gasteiger partial charge in [-0.2, -0.15) is 13.2 Å². The van der Waals surface area contributed by atoms with Gasteiger partial charge in [-0.15, -0.1) is 0 Å². The van der Waals surface area contributed by atoms with Gasteiger partial charge in [0.1, 0.15) is 11.7 Å². The summed E-state index contributed by atoms with van der Waals surface area (Å²) in [6.07, 6.45) is -0.959. The third-order valence-corrected chi connectivity index (χ3v) is 7.65. The zero-order valence-electron chi connectivity index (χ0n) is 21.1. The zero-order valence-corrected chi connectivity index (χ0v) is 21.1. The van der Waals surface area contributed by atoms with Gasteiger partial charge >= 0.3 is 24.2 Å². The molecule has 12 nitrogen and oxygen atoms in total. The van der Waals surface area contributed by atoms with E-state index in [4.69, 9.17) is 14.6 Å². The normalized spacial score (nSPS) is 27.7. The van der Waals surface area contributed by atoms with Crippen molar-refractivity contribution in [3.8, 4) is 0 Å². The second kappa shape index (κ2) is 10.9. The molecule has 4 saturated heterocycles. The first-order valence-electron chi connectivity index (χ1n) is 12.6. The minimum atomic E-state index is -5.08. The van der Waals surface area contributed by atoms with Crippen LogP contribution in [0.25, 0.3) is 0 Å². The van der Waals surface area contributed by atoms with Crippen molar-refractivity contribution in [3.05, 3.63) is 22.9 Å². The maximum absolute atomic E-state index is 13.2. The maximum atomic E-state index is 13.2. The van der Waals surface area contributed by atoms with Crippen LogP contribution >= 0.6 is 0 Å². The van der Waals surface area contributed by atoms with Crippen molar-refractivity contribution in [1.82, 2.24) is 20.0 Å². The number of likely N-dealkylation sites (tertiary alicyclic amines) is 2. The Morgan fingerprint density at radius 3 is 2.31 bits per heavy atom. The molecule has 0 spiro atoms. The number of ether oxygens (including phenoxy) is 1. The predicted molar refractivity (Wildman–Crippen MR) is 125 cm³/mol. The van der Waals surface area contributed by atoms with Crippen LogP contribution in [0.4, 0.5) is 18.0 Å². The second-order valence-corrected chi connectivity index (χ2v) is 9.77. The fourth-order valence-corrected chi connectivity index (χ4v) is 5.89. The number of allylic oxidation sites excluding steroid dienone is 1. The highest BCUT2D eigenvalue weighted by molar-refractivity contribution is 6.03. The molecular formula is C24H29F3N4O8. The van der Waals surface area contributed by atoms with E-state index in [0.29, 0.717) is 63.2 Å². The maximum Gasteiger partial charge on any atom is 0.490 e. The molecule has 5 aliphatic rings. The number of piperidine rings is 2. The van der Waals surface area contributed by atoms with Gasteiger partial charge in [0.15, 0.2) is 0 Å². The number of hydrogen-bond donors (Lipinski definition) is 3. The quantitative estimate of drug-likeness (QED) is 0.338. The van der Waals surface area contributed by atoms with E-state index < -0.39 is 18.1 Å². The molecule has 5 aliphatic heterocycles. The van der Waals surface area contributed by atoms with E-state index in [1.807, 2.05) is 4.90 Å². The van der Waals surface area contributed by atoms with Gasteiger partial charge < -0.3 is 30.1 Å². The molecule has 0 radical (unpaired) electrons. The molecule has 1 unspecified atom stereocenters. The monoisotopic (exact) mass is 558 g/mol. The summed E-state index contributed by atoms with van der Waals surface area (Å²) in [6.45, 7) is 4.47. The zero-order chi connectivity index (χ0) is 28.6. The number of nitrogens with zero attached hydrogens (tertiary/aromatic N) is 3. The van der Waals surface area contributed by atoms with Gasteiger partial charge in [0.05, 0.1) is 12.6 Å². The summed E-state index contributed by atoms with van der Waals surface area (Å²) >= 11 is 0. The van der Waals surface area contributed by atoms with E-state index in [9.17, 15) is 37.5 Å². The van der Waals surface area contributed by atoms with E-state index in [-0.39, 0.29) is 47.6 Å². The lowest BCUT2D eigenvalue weighted by Crippen LogP contribution is -2.71. The lowest BCUT2D eigenvalue weighted by molar-refractivity contribution is -0.192. The molecule has 0 bridgehead atoms. The van der Waals surface area contributed by atoms with Crippen LogP contribution in [0.15, 0.2) is 22.9 Å². The van der Waals surface area contributed by atoms with Crippen molar-refractivity contribution in [2.24, 2.45) is 5.92 Å². The Kier molecular flexibility index (Phi) is 7.91. The van der Waals surface area contributed by atoms with Crippen molar-refractivity contribution in [2.75, 3.05) is 32.8 Å². The van der Waals surface area contributed by atoms with Crippen LogP contribution in [0.3, 0.4) is 0 Å². The van der Waals surface area contributed by atoms with Crippen LogP contribution in [0.5, 0.6) is 0 Å². The number of carbonyl (C=O) groups excluding carboxylic acids is 3. The largest absolute Gasteiger partial charge is 0.490 e. The number of carbonyl (C=O) groups is 5. The molecule has 0 aliphatic carbocycles. The molecule has 0 aromatic heterocycles. The number of hydrogen-bond acceptors (Lipinski definition) is 7. The first kappa shape index (κ1) is 28.4. The number of nitrogens with one attached hydrogen (secondary N) is 1. The first-order chi connectivity index (χ1) is 18.4. The van der Waals surface area contributed by atoms with Gasteiger partial charge in [-0.1, -0.05) is 0 Å². The summed E-state index contributed by atoms with van der Waals surface area (Å²) in [4.78, 5) is 63.4. The average Bonchev–Trinajstić information content (AvgIpc) is 3.41. The van der Waals surface area contributed by atoms with Crippen LogP contribution in [0.2, 0.25) is 0 Å². The number of halogens is 3. The minimum Gasteiger partial charge on any atom is -0.477 e. The van der Waals surface area contributed by atoms with E-state index in [0.717, 1.165) is 6.42 Å². The number of carboxylic acids is 2. The number of alkyl halides is 3. The lowest BCUT2D eigenvalue weighted by Gasteiger charge is -2.48. The topological polar surface area (TPSA) is 157 Å². The molecule has 0 saturated carbocycles. The standard InChI is InChI=1S/C22H28N4O6.C2HF3O2/c1-2-32-22(31)24-8-5-13(6-9-24)25-10-4-12(19(25)27)11-15-14-3-7-23-16-17(14)26(20(16)28)18(15)21(29)30;3-2(4,5)1(6)7/h11,13-14,16-17,23H,2-10H2,1H3,(H,29,30);(H,6,7)/b12-11+;/t14?,16-,17+;/m0./s1. The summed E-state index contributed by atoms with van der Waals surface area (Å²) in [5, 5.41) is 20.1. The fraction of sp³-hybridized carbons (Fsp3) is 0.625. The van der Waals surface area contributed by atoms with E-state index >= 15 is 0 Å². The Bertz CT molecular complexity index is 1130. The Morgan fingerprint density at radius 2 is 1.74 bits per heavy atom. The van der Waals surface area contributed by atoms with Gasteiger partial charge in [-0.05, 0) is 50.8 Å². The highest BCUT2D eigenvalue weighted by atomic mass is 19.4. The summed E-state index contributed by atoms with van der Waals surface area (Å²) in [6, 6.07) is -0.422. The molecule has 4 fully saturated rings. The number of amides is 3. The number of β-lactam (4-membered cyclic amide) rings is 1. The SMILES string of the molecule is CCOC(=O)N1CCC(N2CC/C(=C\C3=C(C(=O)O)N4C(=O)[C@H]5NCCC3[C@H]54)C2=O)CC1.O=C(O)C(F)(F)F. The van der Waals surface area contributed by atoms with Gasteiger partial charge in [-0.25, -0.2) is 14.4 Å². The number of carboxylic acid groups (broad SMARTS) is 2. The van der Waals surface area contributed by atoms with Gasteiger partial charge in [-0.3, -0.25) is 14.5 Å². The molecule has 15 heteroatoms. The van der Waals surface area contributed by atoms with Gasteiger partial charge in [0.2, 0.25) is 11.8 Å². The smallest absolute Gasteiger partial charge is 0.477 e. The molecule has 5 rings (SSSR count). The molecular weight excluding hydrogens is 529 g/mol. The summed E-state index contributed by atoms with van der Waals surface area (Å²) < 4.78 is 36.8. The minimum absolute atomic E-state index is 0.0337. The molecule has 5 heterocycles. The molecule has 3 atom stereocenters. The molecule has 3 amide bonds. The van der Waals surface area contributed by atoms with Crippen LogP contribution in [-0.2, 0) is 23.9 Å². The van der Waals surface area contributed by atoms with Crippen molar-refractivity contribution < 1.29 is 52.1 Å². The third kappa shape index (κ3) is 5.31. The number of rotatable bonds is 4. The highest BCUT2D eigenvalue weighted by Crippen LogP contribution is 2.47. The molecule has 39 heavy (non-hydrogen) atoms. The van der Waals surface area contributed by atoms with Crippen molar-refractivity contribution in [2.45, 2.75) is 56.9 Å². The van der Waals surface area contributed by atoms with Crippen LogP contribution in [-0.4, -0.2) is 112 Å². The lowest BCUT2D eigenvalue weighted by atomic mass is 9.79. The highest BCUT2D eigenvalue weighted by Gasteiger charge is 2.60. The van der Waals surface area contributed by atoms with E-state index in [2.05, 4.69) is 5.32 Å². The summed E-state index contributed by atoms with van der Waals surface area (Å²) in [5.41, 5.74) is 1.25. The molecule has 0 aromatic rings. The van der Waals surface area contributed by atoms with Crippen LogP contribution in [0.1, 0.15) is 32.6 Å². The Labute approximate surface area is 221 Å². The molecule has 0 aromatic carbocycles. The van der Waals surface area contributed by atoms with Crippen molar-refractivity contribution in [3.63, 3.8) is 0 Å². The predicted octanol–water partition coefficient (Wildman–Crippen LogP) is 0.941. The molecule has 3 N–H and O–H groups in total. The molecule has 214 valence electrons. The van der Waals surface area contributed by atoms with Crippen molar-refractivity contribution >= 4 is 29.8 Å². The third-order valence-electron chi connectivity index (χ3n) is 7.65. The van der Waals surface area contributed by atoms with E-state index in [1.165, 1.54) is 4.90 Å². The van der Waals surface area contributed by atoms with Gasteiger partial charge in [0, 0.05) is 37.2 Å².